The van der Waals surface area contributed by atoms with Gasteiger partial charge in [-0.1, -0.05) is 17.7 Å². The number of carbonyl (C=O) groups is 1. The van der Waals surface area contributed by atoms with Crippen molar-refractivity contribution in [2.75, 3.05) is 31.9 Å². The van der Waals surface area contributed by atoms with Gasteiger partial charge in [0.05, 0.1) is 16.3 Å². The second kappa shape index (κ2) is 9.11. The largest absolute Gasteiger partial charge is 0.339 e. The van der Waals surface area contributed by atoms with Crippen LogP contribution >= 0.6 is 23.1 Å². The number of hydrogen-bond donors (Lipinski definition) is 0. The van der Waals surface area contributed by atoms with Gasteiger partial charge in [0, 0.05) is 49.6 Å². The first-order valence-electron chi connectivity index (χ1n) is 9.73. The van der Waals surface area contributed by atoms with Crippen LogP contribution in [-0.2, 0) is 20.6 Å². The Bertz CT molecular complexity index is 1240. The first-order valence-corrected chi connectivity index (χ1v) is 13.2. The van der Waals surface area contributed by atoms with Crippen LogP contribution in [0.25, 0.3) is 4.96 Å². The summed E-state index contributed by atoms with van der Waals surface area (Å²) in [7, 11) is -3.55. The molecule has 0 radical (unpaired) electrons. The molecule has 1 fully saturated rings. The fourth-order valence-corrected chi connectivity index (χ4v) is 6.31. The van der Waals surface area contributed by atoms with E-state index in [1.165, 1.54) is 37.9 Å². The minimum Gasteiger partial charge on any atom is -0.339 e. The molecule has 11 heteroatoms. The van der Waals surface area contributed by atoms with E-state index in [4.69, 9.17) is 0 Å². The summed E-state index contributed by atoms with van der Waals surface area (Å²) < 4.78 is 28.5. The minimum atomic E-state index is -3.55. The molecule has 8 nitrogen and oxygen atoms in total. The van der Waals surface area contributed by atoms with Crippen LogP contribution in [0.3, 0.4) is 0 Å². The number of thioether (sulfide) groups is 1. The van der Waals surface area contributed by atoms with Crippen LogP contribution in [0, 0.1) is 6.92 Å². The molecular weight excluding hydrogens is 456 g/mol. The lowest BCUT2D eigenvalue weighted by atomic mass is 10.2. The molecule has 1 aliphatic rings. The van der Waals surface area contributed by atoms with Crippen LogP contribution in [-0.4, -0.2) is 64.8 Å². The Balaban J connectivity index is 1.29. The van der Waals surface area contributed by atoms with Gasteiger partial charge in [-0.3, -0.25) is 14.0 Å². The number of piperazine rings is 1. The maximum atomic E-state index is 12.8. The van der Waals surface area contributed by atoms with E-state index in [1.807, 2.05) is 12.3 Å². The topological polar surface area (TPSA) is 92.1 Å². The predicted octanol–water partition coefficient (Wildman–Crippen LogP) is 1.83. The van der Waals surface area contributed by atoms with E-state index in [0.717, 1.165) is 5.56 Å². The summed E-state index contributed by atoms with van der Waals surface area (Å²) in [5.41, 5.74) is 1.53. The number of rotatable bonds is 6. The molecule has 0 spiro atoms. The molecule has 3 heterocycles. The van der Waals surface area contributed by atoms with Crippen LogP contribution in [0.2, 0.25) is 0 Å². The fraction of sp³-hybridized carbons (Fsp3) is 0.350. The van der Waals surface area contributed by atoms with Crippen LogP contribution < -0.4 is 5.56 Å². The third kappa shape index (κ3) is 4.84. The first kappa shape index (κ1) is 22.0. The average Bonchev–Trinajstić information content (AvgIpc) is 3.23. The summed E-state index contributed by atoms with van der Waals surface area (Å²) in [5, 5.41) is 1.81. The highest BCUT2D eigenvalue weighted by Crippen LogP contribution is 2.19. The second-order valence-electron chi connectivity index (χ2n) is 7.23. The van der Waals surface area contributed by atoms with Crippen LogP contribution in [0.1, 0.15) is 11.3 Å². The van der Waals surface area contributed by atoms with Gasteiger partial charge in [0.1, 0.15) is 0 Å². The number of aromatic nitrogens is 2. The van der Waals surface area contributed by atoms with Crippen molar-refractivity contribution in [1.29, 1.82) is 0 Å². The Morgan fingerprint density at radius 2 is 1.87 bits per heavy atom. The van der Waals surface area contributed by atoms with Crippen LogP contribution in [0.15, 0.2) is 51.6 Å². The molecule has 0 N–H and O–H groups in total. The van der Waals surface area contributed by atoms with Gasteiger partial charge in [-0.05, 0) is 19.1 Å². The number of sulfonamides is 1. The monoisotopic (exact) mass is 478 g/mol. The fourth-order valence-electron chi connectivity index (χ4n) is 3.33. The van der Waals surface area contributed by atoms with Crippen molar-refractivity contribution in [3.05, 3.63) is 63.5 Å². The van der Waals surface area contributed by atoms with Gasteiger partial charge in [0.15, 0.2) is 4.96 Å². The van der Waals surface area contributed by atoms with Crippen molar-refractivity contribution in [2.45, 2.75) is 17.6 Å². The highest BCUT2D eigenvalue weighted by molar-refractivity contribution is 7.99. The lowest BCUT2D eigenvalue weighted by Gasteiger charge is -2.34. The molecule has 0 aliphatic carbocycles. The lowest BCUT2D eigenvalue weighted by Crippen LogP contribution is -2.50. The van der Waals surface area contributed by atoms with Gasteiger partial charge in [0.25, 0.3) is 5.56 Å². The first-order chi connectivity index (χ1) is 14.8. The van der Waals surface area contributed by atoms with Gasteiger partial charge >= 0.3 is 0 Å². The third-order valence-electron chi connectivity index (χ3n) is 5.08. The molecule has 1 aliphatic heterocycles. The number of hydrogen-bond acceptors (Lipinski definition) is 7. The molecule has 164 valence electrons. The van der Waals surface area contributed by atoms with Gasteiger partial charge in [-0.15, -0.1) is 23.1 Å². The molecule has 2 aromatic heterocycles. The number of fused-ring (bicyclic) bond motifs is 1. The van der Waals surface area contributed by atoms with E-state index in [2.05, 4.69) is 4.98 Å². The number of nitrogens with zero attached hydrogens (tertiary/aromatic N) is 4. The lowest BCUT2D eigenvalue weighted by molar-refractivity contribution is -0.129. The normalized spacial score (nSPS) is 15.5. The van der Waals surface area contributed by atoms with Crippen LogP contribution in [0.5, 0.6) is 0 Å². The second-order valence-corrected chi connectivity index (χ2v) is 11.0. The molecule has 0 atom stereocenters. The zero-order chi connectivity index (χ0) is 22.0. The predicted molar refractivity (Wildman–Crippen MR) is 122 cm³/mol. The van der Waals surface area contributed by atoms with Crippen molar-refractivity contribution in [1.82, 2.24) is 18.6 Å². The third-order valence-corrected chi connectivity index (χ3v) is 8.70. The zero-order valence-electron chi connectivity index (χ0n) is 16.9. The minimum absolute atomic E-state index is 0.0358. The molecular formula is C20H22N4O4S3. The quantitative estimate of drug-likeness (QED) is 0.537. The molecule has 3 aromatic rings. The number of benzene rings is 1. The van der Waals surface area contributed by atoms with Gasteiger partial charge in [0.2, 0.25) is 15.9 Å². The summed E-state index contributed by atoms with van der Waals surface area (Å²) in [6, 6.07) is 8.29. The molecule has 0 saturated carbocycles. The highest BCUT2D eigenvalue weighted by Gasteiger charge is 2.29. The van der Waals surface area contributed by atoms with E-state index in [9.17, 15) is 18.0 Å². The van der Waals surface area contributed by atoms with Crippen molar-refractivity contribution < 1.29 is 13.2 Å². The van der Waals surface area contributed by atoms with Gasteiger partial charge in [-0.2, -0.15) is 4.31 Å². The Hall–Kier alpha value is -2.21. The molecule has 0 unspecified atom stereocenters. The Morgan fingerprint density at radius 3 is 2.58 bits per heavy atom. The van der Waals surface area contributed by atoms with Crippen molar-refractivity contribution >= 4 is 44.0 Å². The number of carbonyl (C=O) groups excluding carboxylic acids is 1. The zero-order valence-corrected chi connectivity index (χ0v) is 19.4. The van der Waals surface area contributed by atoms with E-state index in [-0.39, 0.29) is 35.2 Å². The van der Waals surface area contributed by atoms with E-state index >= 15 is 0 Å². The van der Waals surface area contributed by atoms with Crippen molar-refractivity contribution in [3.63, 3.8) is 0 Å². The highest BCUT2D eigenvalue weighted by atomic mass is 32.2. The molecule has 31 heavy (non-hydrogen) atoms. The summed E-state index contributed by atoms with van der Waals surface area (Å²) in [4.78, 5) is 31.6. The summed E-state index contributed by atoms with van der Waals surface area (Å²) in [6.45, 7) is 3.20. The maximum Gasteiger partial charge on any atom is 0.258 e. The molecule has 1 saturated heterocycles. The van der Waals surface area contributed by atoms with Gasteiger partial charge in [-0.25, -0.2) is 13.4 Å². The molecule has 4 rings (SSSR count). The van der Waals surface area contributed by atoms with Crippen molar-refractivity contribution in [3.8, 4) is 0 Å². The van der Waals surface area contributed by atoms with E-state index in [0.29, 0.717) is 29.5 Å². The van der Waals surface area contributed by atoms with Crippen molar-refractivity contribution in [2.24, 2.45) is 0 Å². The standard InChI is InChI=1S/C20H22N4O4S3/c1-15-2-4-17(5-3-15)31(27,28)23-8-6-22(7-9-23)19(26)14-29-13-16-12-18(25)24-10-11-30-20(24)21-16/h2-5,10-12H,6-9,13-14H2,1H3. The van der Waals surface area contributed by atoms with Gasteiger partial charge < -0.3 is 4.90 Å². The number of thiazole rings is 1. The Morgan fingerprint density at radius 1 is 1.16 bits per heavy atom. The number of amides is 1. The maximum absolute atomic E-state index is 12.8. The van der Waals surface area contributed by atoms with E-state index in [1.54, 1.807) is 35.4 Å². The Labute approximate surface area is 188 Å². The van der Waals surface area contributed by atoms with Crippen LogP contribution in [0.4, 0.5) is 0 Å². The molecule has 0 bridgehead atoms. The summed E-state index contributed by atoms with van der Waals surface area (Å²) in [6.07, 6.45) is 1.69. The number of aryl methyl sites for hydroxylation is 1. The molecule has 1 aromatic carbocycles. The Kier molecular flexibility index (Phi) is 6.47. The average molecular weight is 479 g/mol. The molecule has 1 amide bonds. The summed E-state index contributed by atoms with van der Waals surface area (Å²) in [5.74, 6) is 0.694. The smallest absolute Gasteiger partial charge is 0.258 e. The summed E-state index contributed by atoms with van der Waals surface area (Å²) >= 11 is 2.80. The van der Waals surface area contributed by atoms with E-state index < -0.39 is 10.0 Å². The SMILES string of the molecule is Cc1ccc(S(=O)(=O)N2CCN(C(=O)CSCc3cc(=O)n4ccsc4n3)CC2)cc1.